The van der Waals surface area contributed by atoms with Crippen LogP contribution in [-0.2, 0) is 0 Å². The number of carbonyl (C=O) groups excluding carboxylic acids is 1. The van der Waals surface area contributed by atoms with Crippen LogP contribution in [-0.4, -0.2) is 24.7 Å². The average Bonchev–Trinajstić information content (AvgIpc) is 2.55. The summed E-state index contributed by atoms with van der Waals surface area (Å²) in [6.07, 6.45) is 5.68. The molecule has 1 aromatic carbocycles. The number of nitrogens with one attached hydrogen (secondary N) is 1. The van der Waals surface area contributed by atoms with Crippen molar-refractivity contribution in [1.29, 1.82) is 0 Å². The van der Waals surface area contributed by atoms with Crippen molar-refractivity contribution in [3.05, 3.63) is 29.8 Å². The Hall–Kier alpha value is -1.84. The van der Waals surface area contributed by atoms with Crippen LogP contribution in [0.15, 0.2) is 29.4 Å². The molecule has 0 atom stereocenters. The lowest BCUT2D eigenvalue weighted by Gasteiger charge is -2.20. The minimum absolute atomic E-state index is 0.126. The van der Waals surface area contributed by atoms with E-state index in [0.717, 1.165) is 37.3 Å². The van der Waals surface area contributed by atoms with Crippen LogP contribution in [0.1, 0.15) is 56.3 Å². The van der Waals surface area contributed by atoms with Crippen LogP contribution in [0.5, 0.6) is 0 Å². The molecule has 114 valence electrons. The van der Waals surface area contributed by atoms with Crippen LogP contribution in [0.4, 0.5) is 5.69 Å². The number of benzene rings is 1. The fourth-order valence-electron chi connectivity index (χ4n) is 2.68. The van der Waals surface area contributed by atoms with Crippen LogP contribution >= 0.6 is 0 Å². The summed E-state index contributed by atoms with van der Waals surface area (Å²) >= 11 is 0. The van der Waals surface area contributed by atoms with Gasteiger partial charge in [-0.15, -0.1) is 0 Å². The van der Waals surface area contributed by atoms with Gasteiger partial charge < -0.3 is 4.90 Å². The average molecular weight is 287 g/mol. The first kappa shape index (κ1) is 15.5. The molecule has 2 rings (SSSR count). The highest BCUT2D eigenvalue weighted by Crippen LogP contribution is 2.16. The van der Waals surface area contributed by atoms with Crippen LogP contribution in [0.25, 0.3) is 0 Å². The summed E-state index contributed by atoms with van der Waals surface area (Å²) in [6.45, 7) is 6.19. The molecule has 0 aliphatic heterocycles. The van der Waals surface area contributed by atoms with Crippen molar-refractivity contribution in [2.45, 2.75) is 46.0 Å². The van der Waals surface area contributed by atoms with Gasteiger partial charge in [0.15, 0.2) is 0 Å². The van der Waals surface area contributed by atoms with Crippen LogP contribution in [0, 0.1) is 0 Å². The maximum absolute atomic E-state index is 12.1. The van der Waals surface area contributed by atoms with Crippen LogP contribution in [0.3, 0.4) is 0 Å². The van der Waals surface area contributed by atoms with E-state index in [9.17, 15) is 4.79 Å². The Morgan fingerprint density at radius 2 is 1.71 bits per heavy atom. The normalized spacial score (nSPS) is 14.7. The molecule has 4 heteroatoms. The van der Waals surface area contributed by atoms with E-state index >= 15 is 0 Å². The molecule has 21 heavy (non-hydrogen) atoms. The Kier molecular flexibility index (Phi) is 5.78. The second-order valence-corrected chi connectivity index (χ2v) is 5.40. The molecule has 0 bridgehead atoms. The minimum atomic E-state index is -0.126. The highest BCUT2D eigenvalue weighted by Gasteiger charge is 2.09. The zero-order valence-electron chi connectivity index (χ0n) is 13.1. The number of anilines is 1. The van der Waals surface area contributed by atoms with Crippen molar-refractivity contribution >= 4 is 17.3 Å². The third kappa shape index (κ3) is 4.31. The van der Waals surface area contributed by atoms with E-state index in [-0.39, 0.29) is 5.91 Å². The van der Waals surface area contributed by atoms with Crippen molar-refractivity contribution in [3.63, 3.8) is 0 Å². The molecule has 4 nitrogen and oxygen atoms in total. The standard InChI is InChI=1S/C17H25N3O/c1-3-20(4-2)16-12-10-14(11-13-16)17(21)19-18-15-8-6-5-7-9-15/h10-13H,3-9H2,1-2H3,(H,19,21). The summed E-state index contributed by atoms with van der Waals surface area (Å²) in [5.41, 5.74) is 5.61. The zero-order chi connectivity index (χ0) is 15.1. The molecule has 0 radical (unpaired) electrons. The summed E-state index contributed by atoms with van der Waals surface area (Å²) in [6, 6.07) is 7.72. The second-order valence-electron chi connectivity index (χ2n) is 5.40. The number of hydrogen-bond donors (Lipinski definition) is 1. The van der Waals surface area contributed by atoms with Gasteiger partial charge in [-0.25, -0.2) is 5.43 Å². The lowest BCUT2D eigenvalue weighted by Crippen LogP contribution is -2.23. The monoisotopic (exact) mass is 287 g/mol. The van der Waals surface area contributed by atoms with Gasteiger partial charge in [-0.2, -0.15) is 5.10 Å². The molecule has 0 heterocycles. The molecule has 1 fully saturated rings. The highest BCUT2D eigenvalue weighted by atomic mass is 16.2. The molecule has 0 saturated heterocycles. The molecule has 0 unspecified atom stereocenters. The van der Waals surface area contributed by atoms with Gasteiger partial charge in [0.05, 0.1) is 0 Å². The van der Waals surface area contributed by atoms with Crippen molar-refractivity contribution in [1.82, 2.24) is 5.43 Å². The highest BCUT2D eigenvalue weighted by molar-refractivity contribution is 5.95. The zero-order valence-corrected chi connectivity index (χ0v) is 13.1. The van der Waals surface area contributed by atoms with Gasteiger partial charge in [-0.1, -0.05) is 6.42 Å². The summed E-state index contributed by atoms with van der Waals surface area (Å²) in [7, 11) is 0. The predicted molar refractivity (Wildman–Crippen MR) is 88.0 cm³/mol. The van der Waals surface area contributed by atoms with Gasteiger partial charge in [-0.3, -0.25) is 4.79 Å². The molecular weight excluding hydrogens is 262 g/mol. The number of nitrogens with zero attached hydrogens (tertiary/aromatic N) is 2. The molecule has 1 N–H and O–H groups in total. The van der Waals surface area contributed by atoms with Crippen LogP contribution < -0.4 is 10.3 Å². The molecular formula is C17H25N3O. The van der Waals surface area contributed by atoms with E-state index in [1.54, 1.807) is 0 Å². The van der Waals surface area contributed by atoms with Gasteiger partial charge >= 0.3 is 0 Å². The Balaban J connectivity index is 1.96. The summed E-state index contributed by atoms with van der Waals surface area (Å²) in [5, 5.41) is 4.26. The summed E-state index contributed by atoms with van der Waals surface area (Å²) < 4.78 is 0. The fourth-order valence-corrected chi connectivity index (χ4v) is 2.68. The third-order valence-electron chi connectivity index (χ3n) is 4.00. The first-order valence-corrected chi connectivity index (χ1v) is 7.95. The SMILES string of the molecule is CCN(CC)c1ccc(C(=O)NN=C2CCCCC2)cc1. The number of hydrogen-bond acceptors (Lipinski definition) is 3. The molecule has 0 spiro atoms. The van der Waals surface area contributed by atoms with Gasteiger partial charge in [0, 0.05) is 30.1 Å². The van der Waals surface area contributed by atoms with E-state index in [4.69, 9.17) is 0 Å². The topological polar surface area (TPSA) is 44.7 Å². The molecule has 0 aromatic heterocycles. The quantitative estimate of drug-likeness (QED) is 0.841. The van der Waals surface area contributed by atoms with Gasteiger partial charge in [0.1, 0.15) is 0 Å². The summed E-state index contributed by atoms with van der Waals surface area (Å²) in [5.74, 6) is -0.126. The molecule has 1 aliphatic carbocycles. The smallest absolute Gasteiger partial charge is 0.271 e. The largest absolute Gasteiger partial charge is 0.372 e. The first-order valence-electron chi connectivity index (χ1n) is 7.95. The summed E-state index contributed by atoms with van der Waals surface area (Å²) in [4.78, 5) is 14.3. The Morgan fingerprint density at radius 3 is 2.29 bits per heavy atom. The van der Waals surface area contributed by atoms with Crippen molar-refractivity contribution < 1.29 is 4.79 Å². The first-order chi connectivity index (χ1) is 10.2. The third-order valence-corrected chi connectivity index (χ3v) is 4.00. The van der Waals surface area contributed by atoms with E-state index < -0.39 is 0 Å². The minimum Gasteiger partial charge on any atom is -0.372 e. The number of rotatable bonds is 5. The number of carbonyl (C=O) groups is 1. The Labute approximate surface area is 127 Å². The van der Waals surface area contributed by atoms with Gasteiger partial charge in [-0.05, 0) is 63.8 Å². The van der Waals surface area contributed by atoms with Gasteiger partial charge in [0.2, 0.25) is 0 Å². The lowest BCUT2D eigenvalue weighted by molar-refractivity contribution is 0.0954. The Bertz CT molecular complexity index is 481. The molecule has 1 amide bonds. The fraction of sp³-hybridized carbons (Fsp3) is 0.529. The van der Waals surface area contributed by atoms with E-state index in [1.807, 2.05) is 24.3 Å². The van der Waals surface area contributed by atoms with Crippen molar-refractivity contribution in [3.8, 4) is 0 Å². The molecule has 1 aliphatic rings. The van der Waals surface area contributed by atoms with E-state index in [1.165, 1.54) is 19.3 Å². The van der Waals surface area contributed by atoms with Crippen molar-refractivity contribution in [2.75, 3.05) is 18.0 Å². The van der Waals surface area contributed by atoms with E-state index in [0.29, 0.717) is 5.56 Å². The molecule has 1 aromatic rings. The van der Waals surface area contributed by atoms with E-state index in [2.05, 4.69) is 29.3 Å². The lowest BCUT2D eigenvalue weighted by atomic mass is 9.99. The van der Waals surface area contributed by atoms with Crippen molar-refractivity contribution in [2.24, 2.45) is 5.10 Å². The van der Waals surface area contributed by atoms with Gasteiger partial charge in [0.25, 0.3) is 5.91 Å². The maximum atomic E-state index is 12.1. The number of hydrazone groups is 1. The second kappa shape index (κ2) is 7.81. The number of amides is 1. The maximum Gasteiger partial charge on any atom is 0.271 e. The van der Waals surface area contributed by atoms with Crippen LogP contribution in [0.2, 0.25) is 0 Å². The Morgan fingerprint density at radius 1 is 1.10 bits per heavy atom. The predicted octanol–water partition coefficient (Wildman–Crippen LogP) is 3.58. The molecule has 1 saturated carbocycles.